The molecule has 0 radical (unpaired) electrons. The first-order valence-corrected chi connectivity index (χ1v) is 6.83. The molecule has 0 aliphatic carbocycles. The third-order valence-corrected chi connectivity index (χ3v) is 3.95. The number of hydrogen-bond donors (Lipinski definition) is 2. The monoisotopic (exact) mass is 291 g/mol. The first kappa shape index (κ1) is 15.6. The molecule has 2 rings (SSSR count). The molecule has 0 fully saturated rings. The quantitative estimate of drug-likeness (QED) is 0.889. The van der Waals surface area contributed by atoms with Crippen LogP contribution in [0.4, 0.5) is 8.78 Å². The number of rotatable bonds is 5. The molecule has 0 aliphatic rings. The highest BCUT2D eigenvalue weighted by Gasteiger charge is 2.32. The van der Waals surface area contributed by atoms with Gasteiger partial charge in [0.1, 0.15) is 11.6 Å². The van der Waals surface area contributed by atoms with Crippen molar-refractivity contribution in [2.45, 2.75) is 18.8 Å². The van der Waals surface area contributed by atoms with Crippen molar-refractivity contribution in [3.05, 3.63) is 70.8 Å². The van der Waals surface area contributed by atoms with Crippen LogP contribution < -0.4 is 5.73 Å². The van der Waals surface area contributed by atoms with Crippen LogP contribution in [0.1, 0.15) is 16.7 Å². The third-order valence-electron chi connectivity index (χ3n) is 3.95. The lowest BCUT2D eigenvalue weighted by atomic mass is 9.74. The molecule has 0 spiro atoms. The van der Waals surface area contributed by atoms with Gasteiger partial charge in [-0.25, -0.2) is 8.78 Å². The maximum absolute atomic E-state index is 13.9. The number of aliphatic hydroxyl groups is 1. The average Bonchev–Trinajstić information content (AvgIpc) is 2.49. The number of hydrogen-bond acceptors (Lipinski definition) is 2. The number of nitrogens with two attached hydrogens (primary N) is 1. The number of halogens is 2. The van der Waals surface area contributed by atoms with E-state index < -0.39 is 17.0 Å². The maximum atomic E-state index is 13.9. The predicted molar refractivity (Wildman–Crippen MR) is 79.1 cm³/mol. The molecule has 2 aromatic carbocycles. The largest absolute Gasteiger partial charge is 0.395 e. The van der Waals surface area contributed by atoms with E-state index in [1.54, 1.807) is 0 Å². The van der Waals surface area contributed by atoms with E-state index >= 15 is 0 Å². The van der Waals surface area contributed by atoms with Crippen LogP contribution in [0, 0.1) is 18.6 Å². The molecule has 0 saturated heterocycles. The lowest BCUT2D eigenvalue weighted by Crippen LogP contribution is -2.41. The van der Waals surface area contributed by atoms with Gasteiger partial charge in [0.05, 0.1) is 6.61 Å². The van der Waals surface area contributed by atoms with Gasteiger partial charge in [-0.05, 0) is 48.2 Å². The van der Waals surface area contributed by atoms with Gasteiger partial charge in [0, 0.05) is 12.0 Å². The van der Waals surface area contributed by atoms with Crippen molar-refractivity contribution in [1.82, 2.24) is 0 Å². The summed E-state index contributed by atoms with van der Waals surface area (Å²) >= 11 is 0. The minimum Gasteiger partial charge on any atom is -0.395 e. The van der Waals surface area contributed by atoms with Crippen LogP contribution in [0.25, 0.3) is 0 Å². The van der Waals surface area contributed by atoms with Crippen molar-refractivity contribution in [1.29, 1.82) is 0 Å². The van der Waals surface area contributed by atoms with Crippen LogP contribution in [-0.4, -0.2) is 18.3 Å². The Morgan fingerprint density at radius 1 is 1.14 bits per heavy atom. The Kier molecular flexibility index (Phi) is 4.70. The van der Waals surface area contributed by atoms with Crippen LogP contribution in [0.2, 0.25) is 0 Å². The van der Waals surface area contributed by atoms with E-state index in [1.165, 1.54) is 0 Å². The van der Waals surface area contributed by atoms with Crippen LogP contribution in [0.15, 0.2) is 42.5 Å². The molecule has 2 aromatic rings. The van der Waals surface area contributed by atoms with Gasteiger partial charge in [0.15, 0.2) is 0 Å². The van der Waals surface area contributed by atoms with Gasteiger partial charge in [-0.1, -0.05) is 24.3 Å². The molecule has 0 aromatic heterocycles. The van der Waals surface area contributed by atoms with Gasteiger partial charge >= 0.3 is 0 Å². The summed E-state index contributed by atoms with van der Waals surface area (Å²) in [7, 11) is 0. The van der Waals surface area contributed by atoms with Crippen LogP contribution in [0.3, 0.4) is 0 Å². The van der Waals surface area contributed by atoms with Crippen molar-refractivity contribution >= 4 is 0 Å². The summed E-state index contributed by atoms with van der Waals surface area (Å²) in [6.07, 6.45) is 0.147. The fourth-order valence-electron chi connectivity index (χ4n) is 2.69. The fraction of sp³-hybridized carbons (Fsp3) is 0.294. The van der Waals surface area contributed by atoms with E-state index in [1.807, 2.05) is 31.2 Å². The second kappa shape index (κ2) is 6.33. The van der Waals surface area contributed by atoms with Gasteiger partial charge in [0.2, 0.25) is 0 Å². The molecular formula is C17H19F2NO. The first-order chi connectivity index (χ1) is 10.0. The van der Waals surface area contributed by atoms with Gasteiger partial charge in [0.25, 0.3) is 0 Å². The topological polar surface area (TPSA) is 46.2 Å². The Hall–Kier alpha value is -1.78. The van der Waals surface area contributed by atoms with Crippen molar-refractivity contribution in [2.75, 3.05) is 13.2 Å². The van der Waals surface area contributed by atoms with E-state index in [0.29, 0.717) is 0 Å². The molecule has 4 heteroatoms. The summed E-state index contributed by atoms with van der Waals surface area (Å²) in [5.41, 5.74) is 7.11. The minimum absolute atomic E-state index is 0.143. The van der Waals surface area contributed by atoms with Crippen molar-refractivity contribution in [2.24, 2.45) is 5.73 Å². The summed E-state index contributed by atoms with van der Waals surface area (Å²) in [6, 6.07) is 10.9. The second-order valence-electron chi connectivity index (χ2n) is 5.37. The standard InChI is InChI=1S/C17H19F2NO/c1-12-4-2-3-5-15(12)17(10-20,11-21)9-13-8-14(18)6-7-16(13)19/h2-8,21H,9-11,20H2,1H3. The van der Waals surface area contributed by atoms with Gasteiger partial charge in [-0.15, -0.1) is 0 Å². The van der Waals surface area contributed by atoms with Crippen LogP contribution in [-0.2, 0) is 11.8 Å². The molecule has 1 unspecified atom stereocenters. The molecule has 3 N–H and O–H groups in total. The predicted octanol–water partition coefficient (Wildman–Crippen LogP) is 2.70. The first-order valence-electron chi connectivity index (χ1n) is 6.83. The molecule has 0 amide bonds. The zero-order chi connectivity index (χ0) is 15.5. The molecule has 0 aliphatic heterocycles. The Morgan fingerprint density at radius 3 is 2.48 bits per heavy atom. The average molecular weight is 291 g/mol. The summed E-state index contributed by atoms with van der Waals surface area (Å²) in [4.78, 5) is 0. The Morgan fingerprint density at radius 2 is 1.86 bits per heavy atom. The molecule has 21 heavy (non-hydrogen) atoms. The minimum atomic E-state index is -0.819. The summed E-state index contributed by atoms with van der Waals surface area (Å²) < 4.78 is 27.3. The Bertz CT molecular complexity index is 624. The smallest absolute Gasteiger partial charge is 0.126 e. The zero-order valence-corrected chi connectivity index (χ0v) is 11.9. The van der Waals surface area contributed by atoms with Crippen molar-refractivity contribution < 1.29 is 13.9 Å². The fourth-order valence-corrected chi connectivity index (χ4v) is 2.69. The Labute approximate surface area is 123 Å². The highest BCUT2D eigenvalue weighted by Crippen LogP contribution is 2.31. The summed E-state index contributed by atoms with van der Waals surface area (Å²) in [6.45, 7) is 1.83. The normalized spacial score (nSPS) is 14.0. The van der Waals surface area contributed by atoms with E-state index in [9.17, 15) is 13.9 Å². The van der Waals surface area contributed by atoms with E-state index in [-0.39, 0.29) is 25.1 Å². The SMILES string of the molecule is Cc1ccccc1C(CN)(CO)Cc1cc(F)ccc1F. The highest BCUT2D eigenvalue weighted by atomic mass is 19.1. The molecule has 0 bridgehead atoms. The van der Waals surface area contributed by atoms with E-state index in [4.69, 9.17) is 5.73 Å². The van der Waals surface area contributed by atoms with Gasteiger partial charge in [-0.2, -0.15) is 0 Å². The van der Waals surface area contributed by atoms with Crippen molar-refractivity contribution in [3.63, 3.8) is 0 Å². The third kappa shape index (κ3) is 3.12. The van der Waals surface area contributed by atoms with Crippen LogP contribution >= 0.6 is 0 Å². The summed E-state index contributed by atoms with van der Waals surface area (Å²) in [5.74, 6) is -0.990. The van der Waals surface area contributed by atoms with Gasteiger partial charge in [-0.3, -0.25) is 0 Å². The zero-order valence-electron chi connectivity index (χ0n) is 11.9. The Balaban J connectivity index is 2.48. The number of aryl methyl sites for hydroxylation is 1. The lowest BCUT2D eigenvalue weighted by molar-refractivity contribution is 0.194. The number of aliphatic hydroxyl groups excluding tert-OH is 1. The molecule has 2 nitrogen and oxygen atoms in total. The maximum Gasteiger partial charge on any atom is 0.126 e. The van der Waals surface area contributed by atoms with Crippen LogP contribution in [0.5, 0.6) is 0 Å². The van der Waals surface area contributed by atoms with Gasteiger partial charge < -0.3 is 10.8 Å². The summed E-state index contributed by atoms with van der Waals surface area (Å²) in [5, 5.41) is 9.88. The van der Waals surface area contributed by atoms with E-state index in [2.05, 4.69) is 0 Å². The molecule has 1 atom stereocenters. The molecule has 112 valence electrons. The van der Waals surface area contributed by atoms with Crippen molar-refractivity contribution in [3.8, 4) is 0 Å². The number of benzene rings is 2. The lowest BCUT2D eigenvalue weighted by Gasteiger charge is -2.33. The second-order valence-corrected chi connectivity index (χ2v) is 5.37. The molecule has 0 heterocycles. The van der Waals surface area contributed by atoms with E-state index in [0.717, 1.165) is 29.3 Å². The molecular weight excluding hydrogens is 272 g/mol. The molecule has 0 saturated carbocycles. The highest BCUT2D eigenvalue weighted by molar-refractivity contribution is 5.36.